The van der Waals surface area contributed by atoms with E-state index >= 15 is 0 Å². The number of carbonyl (C=O) groups excluding carboxylic acids is 4. The van der Waals surface area contributed by atoms with Crippen molar-refractivity contribution in [1.29, 1.82) is 0 Å². The third-order valence-electron chi connectivity index (χ3n) is 4.60. The highest BCUT2D eigenvalue weighted by atomic mass is 35.5. The SMILES string of the molecule is O=C(COc1ccccc1)N[C@@H]1C(=O)N([C@@H](Cl)C(=O)O)[C@@H]1SCC(=O)[C@H]1CCC(=O)S1. The third kappa shape index (κ3) is 5.72. The summed E-state index contributed by atoms with van der Waals surface area (Å²) in [6.07, 6.45) is 0.795. The van der Waals surface area contributed by atoms with Crippen LogP contribution in [0.2, 0.25) is 0 Å². The van der Waals surface area contributed by atoms with E-state index in [1.54, 1.807) is 30.3 Å². The van der Waals surface area contributed by atoms with E-state index in [2.05, 4.69) is 5.32 Å². The van der Waals surface area contributed by atoms with Crippen LogP contribution in [0.5, 0.6) is 5.75 Å². The molecule has 12 heteroatoms. The molecule has 0 spiro atoms. The summed E-state index contributed by atoms with van der Waals surface area (Å²) < 4.78 is 5.34. The highest BCUT2D eigenvalue weighted by molar-refractivity contribution is 8.15. The molecule has 9 nitrogen and oxygen atoms in total. The fourth-order valence-corrected chi connectivity index (χ4v) is 5.74. The van der Waals surface area contributed by atoms with Crippen molar-refractivity contribution in [1.82, 2.24) is 10.2 Å². The Morgan fingerprint density at radius 1 is 1.29 bits per heavy atom. The van der Waals surface area contributed by atoms with Gasteiger partial charge in [-0.25, -0.2) is 4.79 Å². The number of amides is 2. The van der Waals surface area contributed by atoms with Gasteiger partial charge in [-0.1, -0.05) is 41.6 Å². The first kappa shape index (κ1) is 23.4. The van der Waals surface area contributed by atoms with Crippen LogP contribution < -0.4 is 10.1 Å². The van der Waals surface area contributed by atoms with Crippen LogP contribution in [0.1, 0.15) is 12.8 Å². The molecule has 2 N–H and O–H groups in total. The Balaban J connectivity index is 1.59. The van der Waals surface area contributed by atoms with Crippen molar-refractivity contribution in [2.24, 2.45) is 0 Å². The Hall–Kier alpha value is -2.24. The fourth-order valence-electron chi connectivity index (χ4n) is 3.05. The van der Waals surface area contributed by atoms with E-state index in [1.807, 2.05) is 0 Å². The van der Waals surface area contributed by atoms with Crippen molar-refractivity contribution in [2.75, 3.05) is 12.4 Å². The number of carboxylic acid groups (broad SMARTS) is 1. The number of aliphatic carboxylic acids is 1. The number of ether oxygens (including phenoxy) is 1. The largest absolute Gasteiger partial charge is 0.484 e. The maximum atomic E-state index is 12.4. The average Bonchev–Trinajstić information content (AvgIpc) is 3.19. The molecule has 4 atom stereocenters. The number of nitrogens with one attached hydrogen (secondary N) is 1. The van der Waals surface area contributed by atoms with Gasteiger partial charge in [-0.2, -0.15) is 0 Å². The molecule has 0 radical (unpaired) electrons. The number of ketones is 1. The summed E-state index contributed by atoms with van der Waals surface area (Å²) in [7, 11) is 0. The lowest BCUT2D eigenvalue weighted by Gasteiger charge is -2.47. The van der Waals surface area contributed by atoms with Crippen LogP contribution in [0.15, 0.2) is 30.3 Å². The number of β-lactam (4-membered cyclic amide) rings is 1. The second-order valence-corrected chi connectivity index (χ2v) is 9.53. The highest BCUT2D eigenvalue weighted by Crippen LogP contribution is 2.35. The maximum absolute atomic E-state index is 12.4. The zero-order valence-electron chi connectivity index (χ0n) is 16.1. The number of carboxylic acids is 1. The summed E-state index contributed by atoms with van der Waals surface area (Å²) >= 11 is 7.83. The number of benzene rings is 1. The molecule has 0 unspecified atom stereocenters. The Morgan fingerprint density at radius 2 is 2.00 bits per heavy atom. The van der Waals surface area contributed by atoms with Crippen LogP contribution in [-0.2, 0) is 24.0 Å². The number of hydrogen-bond donors (Lipinski definition) is 2. The molecule has 0 aromatic heterocycles. The molecule has 2 saturated heterocycles. The lowest BCUT2D eigenvalue weighted by Crippen LogP contribution is -2.72. The molecule has 1 aromatic rings. The molecular weight excluding hydrogens is 468 g/mol. The summed E-state index contributed by atoms with van der Waals surface area (Å²) in [5.41, 5.74) is -1.63. The number of thioether (sulfide) groups is 2. The van der Waals surface area contributed by atoms with E-state index in [-0.39, 0.29) is 23.3 Å². The third-order valence-corrected chi connectivity index (χ3v) is 7.54. The van der Waals surface area contributed by atoms with Gasteiger partial charge in [0, 0.05) is 6.42 Å². The van der Waals surface area contributed by atoms with Gasteiger partial charge in [-0.3, -0.25) is 24.1 Å². The molecule has 2 amide bonds. The van der Waals surface area contributed by atoms with Crippen molar-refractivity contribution in [3.05, 3.63) is 30.3 Å². The molecule has 31 heavy (non-hydrogen) atoms. The molecule has 2 aliphatic rings. The van der Waals surface area contributed by atoms with Crippen LogP contribution in [0.4, 0.5) is 0 Å². The number of halogens is 1. The smallest absolute Gasteiger partial charge is 0.342 e. The van der Waals surface area contributed by atoms with Gasteiger partial charge in [-0.05, 0) is 18.6 Å². The molecule has 3 rings (SSSR count). The van der Waals surface area contributed by atoms with Crippen molar-refractivity contribution >= 4 is 63.8 Å². The van der Waals surface area contributed by atoms with Crippen LogP contribution in [0.25, 0.3) is 0 Å². The fraction of sp³-hybridized carbons (Fsp3) is 0.421. The number of hydrogen-bond acceptors (Lipinski definition) is 8. The summed E-state index contributed by atoms with van der Waals surface area (Å²) in [5, 5.41) is 10.4. The zero-order chi connectivity index (χ0) is 22.5. The predicted octanol–water partition coefficient (Wildman–Crippen LogP) is 1.09. The van der Waals surface area contributed by atoms with Gasteiger partial charge in [0.1, 0.15) is 17.2 Å². The van der Waals surface area contributed by atoms with Crippen molar-refractivity contribution in [2.45, 2.75) is 35.0 Å². The van der Waals surface area contributed by atoms with E-state index in [1.165, 1.54) is 0 Å². The molecular formula is C19H19ClN2O7S2. The number of alkyl halides is 1. The minimum absolute atomic E-state index is 0.0425. The number of rotatable bonds is 10. The minimum Gasteiger partial charge on any atom is -0.484 e. The van der Waals surface area contributed by atoms with Gasteiger partial charge in [-0.15, -0.1) is 11.8 Å². The summed E-state index contributed by atoms with van der Waals surface area (Å²) in [6.45, 7) is -0.339. The molecule has 0 aliphatic carbocycles. The van der Waals surface area contributed by atoms with Gasteiger partial charge >= 0.3 is 5.97 Å². The van der Waals surface area contributed by atoms with Gasteiger partial charge in [0.2, 0.25) is 5.50 Å². The van der Waals surface area contributed by atoms with Crippen LogP contribution in [0, 0.1) is 0 Å². The molecule has 2 fully saturated rings. The first-order valence-corrected chi connectivity index (χ1v) is 11.6. The number of nitrogens with zero attached hydrogens (tertiary/aromatic N) is 1. The molecule has 0 saturated carbocycles. The quantitative estimate of drug-likeness (QED) is 0.283. The molecule has 1 aromatic carbocycles. The van der Waals surface area contributed by atoms with E-state index in [0.29, 0.717) is 18.6 Å². The number of likely N-dealkylation sites (tertiary alicyclic amines) is 1. The summed E-state index contributed by atoms with van der Waals surface area (Å²) in [5.74, 6) is -2.40. The molecule has 2 heterocycles. The van der Waals surface area contributed by atoms with Gasteiger partial charge in [0.05, 0.1) is 11.0 Å². The first-order valence-electron chi connectivity index (χ1n) is 9.28. The number of para-hydroxylation sites is 1. The Morgan fingerprint density at radius 3 is 2.61 bits per heavy atom. The van der Waals surface area contributed by atoms with Crippen molar-refractivity contribution in [3.8, 4) is 5.75 Å². The average molecular weight is 487 g/mol. The van der Waals surface area contributed by atoms with Gasteiger partial charge in [0.25, 0.3) is 11.8 Å². The lowest BCUT2D eigenvalue weighted by molar-refractivity contribution is -0.157. The Labute approximate surface area is 191 Å². The van der Waals surface area contributed by atoms with Crippen molar-refractivity contribution in [3.63, 3.8) is 0 Å². The highest BCUT2D eigenvalue weighted by Gasteiger charge is 2.53. The van der Waals surface area contributed by atoms with E-state index in [4.69, 9.17) is 21.4 Å². The maximum Gasteiger partial charge on any atom is 0.342 e. The molecule has 2 aliphatic heterocycles. The van der Waals surface area contributed by atoms with E-state index in [0.717, 1.165) is 28.4 Å². The van der Waals surface area contributed by atoms with E-state index in [9.17, 15) is 24.0 Å². The Bertz CT molecular complexity index is 885. The number of Topliss-reactive ketones (excluding diaryl/α,β-unsaturated/α-hetero) is 1. The lowest BCUT2D eigenvalue weighted by atomic mass is 10.1. The first-order chi connectivity index (χ1) is 14.8. The van der Waals surface area contributed by atoms with E-state index < -0.39 is 40.0 Å². The minimum atomic E-state index is -1.63. The summed E-state index contributed by atoms with van der Waals surface area (Å²) in [4.78, 5) is 60.6. The normalized spacial score (nSPS) is 23.8. The van der Waals surface area contributed by atoms with Crippen LogP contribution >= 0.6 is 35.1 Å². The zero-order valence-corrected chi connectivity index (χ0v) is 18.5. The van der Waals surface area contributed by atoms with Crippen LogP contribution in [0.3, 0.4) is 0 Å². The standard InChI is InChI=1S/C19H19ClN2O7S2/c20-16(19(27)28)22-17(26)15(21-13(24)8-29-10-4-2-1-3-5-10)18(22)30-9-11(23)12-6-7-14(25)31-12/h1-5,12,15-16,18H,6-9H2,(H,21,24)(H,27,28)/t12-,15-,16-,18-/m1/s1. The second-order valence-electron chi connectivity index (χ2n) is 6.75. The van der Waals surface area contributed by atoms with Gasteiger partial charge < -0.3 is 15.2 Å². The second kappa shape index (κ2) is 10.4. The van der Waals surface area contributed by atoms with Gasteiger partial charge in [0.15, 0.2) is 17.5 Å². The monoisotopic (exact) mass is 486 g/mol. The predicted molar refractivity (Wildman–Crippen MR) is 115 cm³/mol. The molecule has 0 bridgehead atoms. The topological polar surface area (TPSA) is 130 Å². The van der Waals surface area contributed by atoms with Crippen LogP contribution in [-0.4, -0.2) is 73.2 Å². The Kier molecular flexibility index (Phi) is 7.84. The molecule has 166 valence electrons. The summed E-state index contributed by atoms with van der Waals surface area (Å²) in [6, 6.07) is 7.58. The number of carbonyl (C=O) groups is 5. The van der Waals surface area contributed by atoms with Crippen molar-refractivity contribution < 1.29 is 33.8 Å².